The number of rotatable bonds is 8. The normalized spacial score (nSPS) is 11.3. The van der Waals surface area contributed by atoms with Gasteiger partial charge in [-0.05, 0) is 37.1 Å². The SMILES string of the molecule is CCOC(=O)c1ccc(C)c(NC(=O)CN(Cc2ccccc2)S(C)(=O)=O)c1. The number of aryl methyl sites for hydroxylation is 1. The van der Waals surface area contributed by atoms with Crippen molar-refractivity contribution in [1.82, 2.24) is 4.31 Å². The molecule has 2 rings (SSSR count). The van der Waals surface area contributed by atoms with Gasteiger partial charge in [0.2, 0.25) is 15.9 Å². The first-order chi connectivity index (χ1) is 13.2. The largest absolute Gasteiger partial charge is 0.462 e. The number of benzene rings is 2. The monoisotopic (exact) mass is 404 g/mol. The second kappa shape index (κ2) is 9.48. The first kappa shape index (κ1) is 21.6. The molecule has 0 aliphatic rings. The second-order valence-electron chi connectivity index (χ2n) is 6.31. The molecule has 0 aromatic heterocycles. The van der Waals surface area contributed by atoms with Crippen molar-refractivity contribution in [3.63, 3.8) is 0 Å². The summed E-state index contributed by atoms with van der Waals surface area (Å²) in [5, 5.41) is 2.68. The van der Waals surface area contributed by atoms with Crippen molar-refractivity contribution >= 4 is 27.6 Å². The standard InChI is InChI=1S/C20H24N2O5S/c1-4-27-20(24)17-11-10-15(2)18(12-17)21-19(23)14-22(28(3,25)26)13-16-8-6-5-7-9-16/h5-12H,4,13-14H2,1-3H3,(H,21,23). The maximum Gasteiger partial charge on any atom is 0.338 e. The Morgan fingerprint density at radius 2 is 1.79 bits per heavy atom. The quantitative estimate of drug-likeness (QED) is 0.683. The lowest BCUT2D eigenvalue weighted by Crippen LogP contribution is -2.37. The molecule has 2 aromatic carbocycles. The molecule has 0 fully saturated rings. The fourth-order valence-corrected chi connectivity index (χ4v) is 3.26. The van der Waals surface area contributed by atoms with E-state index in [1.54, 1.807) is 50.2 Å². The summed E-state index contributed by atoms with van der Waals surface area (Å²) >= 11 is 0. The van der Waals surface area contributed by atoms with E-state index in [2.05, 4.69) is 5.32 Å². The van der Waals surface area contributed by atoms with Crippen molar-refractivity contribution in [2.24, 2.45) is 0 Å². The molecule has 1 amide bonds. The van der Waals surface area contributed by atoms with E-state index in [9.17, 15) is 18.0 Å². The number of hydrogen-bond acceptors (Lipinski definition) is 5. The molecule has 0 spiro atoms. The predicted molar refractivity (Wildman–Crippen MR) is 107 cm³/mol. The number of sulfonamides is 1. The van der Waals surface area contributed by atoms with Crippen LogP contribution < -0.4 is 5.32 Å². The molecule has 0 heterocycles. The Kier molecular flexibility index (Phi) is 7.31. The molecule has 28 heavy (non-hydrogen) atoms. The summed E-state index contributed by atoms with van der Waals surface area (Å²) in [6.45, 7) is 3.49. The van der Waals surface area contributed by atoms with Gasteiger partial charge in [-0.2, -0.15) is 4.31 Å². The van der Waals surface area contributed by atoms with Gasteiger partial charge in [-0.25, -0.2) is 13.2 Å². The number of carbonyl (C=O) groups excluding carboxylic acids is 2. The van der Waals surface area contributed by atoms with E-state index in [1.807, 2.05) is 6.07 Å². The lowest BCUT2D eigenvalue weighted by Gasteiger charge is -2.20. The van der Waals surface area contributed by atoms with Gasteiger partial charge in [-0.1, -0.05) is 36.4 Å². The maximum absolute atomic E-state index is 12.5. The van der Waals surface area contributed by atoms with E-state index in [0.29, 0.717) is 11.3 Å². The van der Waals surface area contributed by atoms with E-state index < -0.39 is 21.9 Å². The third-order valence-electron chi connectivity index (χ3n) is 4.01. The van der Waals surface area contributed by atoms with E-state index in [1.165, 1.54) is 6.07 Å². The third-order valence-corrected chi connectivity index (χ3v) is 5.21. The number of hydrogen-bond donors (Lipinski definition) is 1. The average molecular weight is 404 g/mol. The number of amides is 1. The van der Waals surface area contributed by atoms with Gasteiger partial charge in [-0.15, -0.1) is 0 Å². The molecule has 7 nitrogen and oxygen atoms in total. The molecule has 0 atom stereocenters. The number of ether oxygens (including phenoxy) is 1. The van der Waals surface area contributed by atoms with Crippen LogP contribution in [0.25, 0.3) is 0 Å². The molecular formula is C20H24N2O5S. The molecule has 150 valence electrons. The highest BCUT2D eigenvalue weighted by atomic mass is 32.2. The first-order valence-electron chi connectivity index (χ1n) is 8.77. The molecule has 8 heteroatoms. The van der Waals surface area contributed by atoms with Gasteiger partial charge in [0.15, 0.2) is 0 Å². The molecule has 2 aromatic rings. The van der Waals surface area contributed by atoms with Gasteiger partial charge in [0.05, 0.1) is 25.0 Å². The van der Waals surface area contributed by atoms with Crippen LogP contribution in [0.2, 0.25) is 0 Å². The highest BCUT2D eigenvalue weighted by Crippen LogP contribution is 2.18. The van der Waals surface area contributed by atoms with Crippen molar-refractivity contribution in [3.8, 4) is 0 Å². The van der Waals surface area contributed by atoms with Crippen LogP contribution in [0.1, 0.15) is 28.4 Å². The topological polar surface area (TPSA) is 92.8 Å². The maximum atomic E-state index is 12.5. The van der Waals surface area contributed by atoms with Crippen molar-refractivity contribution in [2.45, 2.75) is 20.4 Å². The Morgan fingerprint density at radius 1 is 1.11 bits per heavy atom. The van der Waals surface area contributed by atoms with Gasteiger partial charge in [0.25, 0.3) is 0 Å². The molecular weight excluding hydrogens is 380 g/mol. The lowest BCUT2D eigenvalue weighted by atomic mass is 10.1. The zero-order valence-corrected chi connectivity index (χ0v) is 17.0. The van der Waals surface area contributed by atoms with Gasteiger partial charge in [-0.3, -0.25) is 4.79 Å². The molecule has 0 aliphatic heterocycles. The molecule has 0 aliphatic carbocycles. The minimum Gasteiger partial charge on any atom is -0.462 e. The average Bonchev–Trinajstić information content (AvgIpc) is 2.63. The summed E-state index contributed by atoms with van der Waals surface area (Å²) in [6.07, 6.45) is 1.07. The van der Waals surface area contributed by atoms with Crippen LogP contribution in [0, 0.1) is 6.92 Å². The summed E-state index contributed by atoms with van der Waals surface area (Å²) in [4.78, 5) is 24.4. The summed E-state index contributed by atoms with van der Waals surface area (Å²) < 4.78 is 30.2. The number of anilines is 1. The number of nitrogens with one attached hydrogen (secondary N) is 1. The molecule has 0 bridgehead atoms. The van der Waals surface area contributed by atoms with Crippen LogP contribution in [-0.4, -0.2) is 44.0 Å². The number of esters is 1. The lowest BCUT2D eigenvalue weighted by molar-refractivity contribution is -0.116. The Labute approximate surface area is 165 Å². The highest BCUT2D eigenvalue weighted by molar-refractivity contribution is 7.88. The number of nitrogens with zero attached hydrogens (tertiary/aromatic N) is 1. The zero-order chi connectivity index (χ0) is 20.7. The summed E-state index contributed by atoms with van der Waals surface area (Å²) in [6, 6.07) is 13.9. The Morgan fingerprint density at radius 3 is 2.39 bits per heavy atom. The van der Waals surface area contributed by atoms with Gasteiger partial charge >= 0.3 is 5.97 Å². The van der Waals surface area contributed by atoms with Crippen LogP contribution in [0.3, 0.4) is 0 Å². The molecule has 0 saturated carbocycles. The van der Waals surface area contributed by atoms with E-state index in [0.717, 1.165) is 21.7 Å². The van der Waals surface area contributed by atoms with Crippen molar-refractivity contribution in [3.05, 3.63) is 65.2 Å². The Balaban J connectivity index is 2.14. The van der Waals surface area contributed by atoms with Crippen LogP contribution in [0.5, 0.6) is 0 Å². The van der Waals surface area contributed by atoms with Crippen LogP contribution in [0.4, 0.5) is 5.69 Å². The third kappa shape index (κ3) is 6.17. The predicted octanol–water partition coefficient (Wildman–Crippen LogP) is 2.57. The van der Waals surface area contributed by atoms with Crippen LogP contribution in [0.15, 0.2) is 48.5 Å². The van der Waals surface area contributed by atoms with Gasteiger partial charge in [0.1, 0.15) is 0 Å². The summed E-state index contributed by atoms with van der Waals surface area (Å²) in [5.74, 6) is -0.981. The second-order valence-corrected chi connectivity index (χ2v) is 8.30. The molecule has 0 radical (unpaired) electrons. The smallest absolute Gasteiger partial charge is 0.338 e. The van der Waals surface area contributed by atoms with E-state index in [-0.39, 0.29) is 19.7 Å². The van der Waals surface area contributed by atoms with E-state index in [4.69, 9.17) is 4.74 Å². The van der Waals surface area contributed by atoms with Crippen molar-refractivity contribution in [1.29, 1.82) is 0 Å². The highest BCUT2D eigenvalue weighted by Gasteiger charge is 2.21. The van der Waals surface area contributed by atoms with Gasteiger partial charge in [0, 0.05) is 12.2 Å². The minimum atomic E-state index is -3.59. The number of carbonyl (C=O) groups is 2. The van der Waals surface area contributed by atoms with Gasteiger partial charge < -0.3 is 10.1 Å². The van der Waals surface area contributed by atoms with E-state index >= 15 is 0 Å². The van der Waals surface area contributed by atoms with Crippen LogP contribution >= 0.6 is 0 Å². The fraction of sp³-hybridized carbons (Fsp3) is 0.300. The first-order valence-corrected chi connectivity index (χ1v) is 10.6. The summed E-state index contributed by atoms with van der Waals surface area (Å²) in [7, 11) is -3.59. The molecule has 0 saturated heterocycles. The zero-order valence-electron chi connectivity index (χ0n) is 16.1. The fourth-order valence-electron chi connectivity index (χ4n) is 2.53. The minimum absolute atomic E-state index is 0.0922. The molecule has 0 unspecified atom stereocenters. The Hall–Kier alpha value is -2.71. The summed E-state index contributed by atoms with van der Waals surface area (Å²) in [5.41, 5.74) is 2.27. The molecule has 1 N–H and O–H groups in total. The van der Waals surface area contributed by atoms with Crippen LogP contribution in [-0.2, 0) is 26.1 Å². The van der Waals surface area contributed by atoms with Crippen molar-refractivity contribution < 1.29 is 22.7 Å². The van der Waals surface area contributed by atoms with Crippen molar-refractivity contribution in [2.75, 3.05) is 24.7 Å². The Bertz CT molecular complexity index is 942.